The molecule has 0 aliphatic carbocycles. The minimum absolute atomic E-state index is 0.0460. The van der Waals surface area contributed by atoms with Gasteiger partial charge in [-0.2, -0.15) is 0 Å². The summed E-state index contributed by atoms with van der Waals surface area (Å²) in [7, 11) is 0. The van der Waals surface area contributed by atoms with Crippen molar-refractivity contribution in [3.05, 3.63) is 29.8 Å². The highest BCUT2D eigenvalue weighted by Gasteiger charge is 2.34. The van der Waals surface area contributed by atoms with Crippen molar-refractivity contribution in [3.63, 3.8) is 0 Å². The van der Waals surface area contributed by atoms with Crippen molar-refractivity contribution in [2.45, 2.75) is 32.7 Å². The summed E-state index contributed by atoms with van der Waals surface area (Å²) in [6.07, 6.45) is -2.92. The van der Waals surface area contributed by atoms with Crippen LogP contribution < -0.4 is 15.4 Å². The molecule has 22 heavy (non-hydrogen) atoms. The van der Waals surface area contributed by atoms with Crippen LogP contribution in [0.2, 0.25) is 0 Å². The first kappa shape index (κ1) is 16.6. The Morgan fingerprint density at radius 3 is 2.59 bits per heavy atom. The smallest absolute Gasteiger partial charge is 0.406 e. The molecular weight excluding hydrogens is 297 g/mol. The summed E-state index contributed by atoms with van der Waals surface area (Å²) in [5.41, 5.74) is 0.285. The van der Waals surface area contributed by atoms with E-state index in [1.807, 2.05) is 6.92 Å². The van der Waals surface area contributed by atoms with Crippen LogP contribution in [-0.2, 0) is 11.3 Å². The van der Waals surface area contributed by atoms with Crippen LogP contribution in [0.25, 0.3) is 0 Å². The van der Waals surface area contributed by atoms with E-state index in [0.29, 0.717) is 6.54 Å². The number of nitrogens with one attached hydrogen (secondary N) is 2. The molecule has 1 amide bonds. The van der Waals surface area contributed by atoms with E-state index in [-0.39, 0.29) is 18.2 Å². The standard InChI is InChI=1S/C15H19F3N2O2/c1-14(7-2-8-19-10-14)13(21)20-9-11-3-5-12(6-4-11)22-15(16,17)18/h3-6,19H,2,7-10H2,1H3,(H,20,21). The van der Waals surface area contributed by atoms with Gasteiger partial charge in [-0.15, -0.1) is 13.2 Å². The van der Waals surface area contributed by atoms with Crippen LogP contribution >= 0.6 is 0 Å². The third-order valence-corrected chi connectivity index (χ3v) is 3.76. The second-order valence-corrected chi connectivity index (χ2v) is 5.72. The molecule has 2 rings (SSSR count). The van der Waals surface area contributed by atoms with E-state index in [1.165, 1.54) is 24.3 Å². The van der Waals surface area contributed by atoms with Gasteiger partial charge < -0.3 is 15.4 Å². The number of benzene rings is 1. The van der Waals surface area contributed by atoms with Gasteiger partial charge in [0.15, 0.2) is 0 Å². The summed E-state index contributed by atoms with van der Waals surface area (Å²) in [4.78, 5) is 12.2. The first-order valence-electron chi connectivity index (χ1n) is 7.12. The minimum atomic E-state index is -4.70. The molecule has 1 aliphatic heterocycles. The Kier molecular flexibility index (Phi) is 4.95. The Hall–Kier alpha value is -1.76. The first-order chi connectivity index (χ1) is 10.3. The molecule has 0 radical (unpaired) electrons. The number of carbonyl (C=O) groups excluding carboxylic acids is 1. The predicted molar refractivity (Wildman–Crippen MR) is 75.2 cm³/mol. The molecule has 1 atom stereocenters. The van der Waals surface area contributed by atoms with Gasteiger partial charge in [0.05, 0.1) is 5.41 Å². The minimum Gasteiger partial charge on any atom is -0.406 e. The summed E-state index contributed by atoms with van der Waals surface area (Å²) >= 11 is 0. The predicted octanol–water partition coefficient (Wildman–Crippen LogP) is 2.59. The number of carbonyl (C=O) groups is 1. The van der Waals surface area contributed by atoms with E-state index in [4.69, 9.17) is 0 Å². The van der Waals surface area contributed by atoms with E-state index in [1.54, 1.807) is 0 Å². The average molecular weight is 316 g/mol. The van der Waals surface area contributed by atoms with Gasteiger partial charge in [0.25, 0.3) is 0 Å². The molecule has 0 spiro atoms. The molecular formula is C15H19F3N2O2. The lowest BCUT2D eigenvalue weighted by atomic mass is 9.82. The average Bonchev–Trinajstić information content (AvgIpc) is 2.45. The molecule has 1 aromatic rings. The molecule has 0 saturated carbocycles. The highest BCUT2D eigenvalue weighted by molar-refractivity contribution is 5.82. The summed E-state index contributed by atoms with van der Waals surface area (Å²) in [5.74, 6) is -0.318. The van der Waals surface area contributed by atoms with Crippen molar-refractivity contribution in [1.82, 2.24) is 10.6 Å². The molecule has 4 nitrogen and oxygen atoms in total. The quantitative estimate of drug-likeness (QED) is 0.898. The maximum Gasteiger partial charge on any atom is 0.573 e. The number of alkyl halides is 3. The van der Waals surface area contributed by atoms with Gasteiger partial charge in [0, 0.05) is 13.1 Å². The Morgan fingerprint density at radius 1 is 1.36 bits per heavy atom. The van der Waals surface area contributed by atoms with Crippen LogP contribution in [0.3, 0.4) is 0 Å². The van der Waals surface area contributed by atoms with Gasteiger partial charge in [0.2, 0.25) is 5.91 Å². The van der Waals surface area contributed by atoms with Gasteiger partial charge in [0.1, 0.15) is 5.75 Å². The van der Waals surface area contributed by atoms with Gasteiger partial charge in [-0.3, -0.25) is 4.79 Å². The van der Waals surface area contributed by atoms with Gasteiger partial charge >= 0.3 is 6.36 Å². The third kappa shape index (κ3) is 4.62. The fraction of sp³-hybridized carbons (Fsp3) is 0.533. The van der Waals surface area contributed by atoms with E-state index >= 15 is 0 Å². The number of piperidine rings is 1. The van der Waals surface area contributed by atoms with Crippen molar-refractivity contribution in [2.75, 3.05) is 13.1 Å². The van der Waals surface area contributed by atoms with Crippen molar-refractivity contribution in [1.29, 1.82) is 0 Å². The SMILES string of the molecule is CC1(C(=O)NCc2ccc(OC(F)(F)F)cc2)CCCNC1. The number of ether oxygens (including phenoxy) is 1. The normalized spacial score (nSPS) is 22.2. The number of halogens is 3. The topological polar surface area (TPSA) is 50.4 Å². The summed E-state index contributed by atoms with van der Waals surface area (Å²) in [6, 6.07) is 5.48. The van der Waals surface area contributed by atoms with Crippen molar-refractivity contribution < 1.29 is 22.7 Å². The van der Waals surface area contributed by atoms with E-state index in [2.05, 4.69) is 15.4 Å². The molecule has 1 aliphatic rings. The second kappa shape index (κ2) is 6.56. The fourth-order valence-electron chi connectivity index (χ4n) is 2.45. The Balaban J connectivity index is 1.87. The largest absolute Gasteiger partial charge is 0.573 e. The Labute approximate surface area is 127 Å². The summed E-state index contributed by atoms with van der Waals surface area (Å²) in [6.45, 7) is 3.75. The van der Waals surface area contributed by atoms with Crippen LogP contribution in [0.4, 0.5) is 13.2 Å². The molecule has 1 heterocycles. The Bertz CT molecular complexity index is 509. The van der Waals surface area contributed by atoms with Crippen LogP contribution in [0, 0.1) is 5.41 Å². The van der Waals surface area contributed by atoms with E-state index < -0.39 is 11.8 Å². The van der Waals surface area contributed by atoms with Gasteiger partial charge in [-0.1, -0.05) is 12.1 Å². The Morgan fingerprint density at radius 2 is 2.05 bits per heavy atom. The number of hydrogen-bond acceptors (Lipinski definition) is 3. The van der Waals surface area contributed by atoms with Crippen molar-refractivity contribution >= 4 is 5.91 Å². The number of hydrogen-bond donors (Lipinski definition) is 2. The summed E-state index contributed by atoms with van der Waals surface area (Å²) < 4.78 is 40.0. The maximum atomic E-state index is 12.2. The van der Waals surface area contributed by atoms with Crippen molar-refractivity contribution in [2.24, 2.45) is 5.41 Å². The van der Waals surface area contributed by atoms with Crippen LogP contribution in [0.5, 0.6) is 5.75 Å². The molecule has 1 aromatic carbocycles. The zero-order valence-corrected chi connectivity index (χ0v) is 12.3. The molecule has 122 valence electrons. The molecule has 7 heteroatoms. The summed E-state index contributed by atoms with van der Waals surface area (Å²) in [5, 5.41) is 6.03. The maximum absolute atomic E-state index is 12.2. The zero-order chi connectivity index (χ0) is 16.2. The fourth-order valence-corrected chi connectivity index (χ4v) is 2.45. The second-order valence-electron chi connectivity index (χ2n) is 5.72. The number of rotatable bonds is 4. The monoisotopic (exact) mass is 316 g/mol. The lowest BCUT2D eigenvalue weighted by Gasteiger charge is -2.32. The van der Waals surface area contributed by atoms with Gasteiger partial charge in [-0.25, -0.2) is 0 Å². The highest BCUT2D eigenvalue weighted by Crippen LogP contribution is 2.26. The van der Waals surface area contributed by atoms with Crippen LogP contribution in [-0.4, -0.2) is 25.4 Å². The molecule has 1 saturated heterocycles. The van der Waals surface area contributed by atoms with Crippen LogP contribution in [0.15, 0.2) is 24.3 Å². The molecule has 0 aromatic heterocycles. The highest BCUT2D eigenvalue weighted by atomic mass is 19.4. The molecule has 2 N–H and O–H groups in total. The number of amides is 1. The van der Waals surface area contributed by atoms with Gasteiger partial charge in [-0.05, 0) is 44.0 Å². The molecule has 1 unspecified atom stereocenters. The first-order valence-corrected chi connectivity index (χ1v) is 7.12. The zero-order valence-electron chi connectivity index (χ0n) is 12.3. The molecule has 0 bridgehead atoms. The van der Waals surface area contributed by atoms with E-state index in [9.17, 15) is 18.0 Å². The molecule has 1 fully saturated rings. The van der Waals surface area contributed by atoms with Crippen LogP contribution in [0.1, 0.15) is 25.3 Å². The lowest BCUT2D eigenvalue weighted by Crippen LogP contribution is -2.48. The van der Waals surface area contributed by atoms with Crippen molar-refractivity contribution in [3.8, 4) is 5.75 Å². The van der Waals surface area contributed by atoms with E-state index in [0.717, 1.165) is 24.9 Å². The lowest BCUT2D eigenvalue weighted by molar-refractivity contribution is -0.274. The third-order valence-electron chi connectivity index (χ3n) is 3.76.